The molecule has 0 saturated carbocycles. The van der Waals surface area contributed by atoms with Crippen molar-refractivity contribution in [2.75, 3.05) is 13.4 Å². The first kappa shape index (κ1) is 21.5. The maximum absolute atomic E-state index is 12.7. The van der Waals surface area contributed by atoms with Gasteiger partial charge in [-0.2, -0.15) is 4.99 Å². The molecule has 0 atom stereocenters. The lowest BCUT2D eigenvalue weighted by molar-refractivity contribution is 0.100. The van der Waals surface area contributed by atoms with Crippen LogP contribution in [0.3, 0.4) is 0 Å². The van der Waals surface area contributed by atoms with Gasteiger partial charge in [-0.25, -0.2) is 0 Å². The van der Waals surface area contributed by atoms with E-state index in [9.17, 15) is 9.90 Å². The fourth-order valence-corrected chi connectivity index (χ4v) is 3.50. The maximum Gasteiger partial charge on any atom is 0.279 e. The van der Waals surface area contributed by atoms with Gasteiger partial charge in [0, 0.05) is 18.7 Å². The normalized spacial score (nSPS) is 11.2. The van der Waals surface area contributed by atoms with Crippen LogP contribution in [0, 0.1) is 0 Å². The lowest BCUT2D eigenvalue weighted by Gasteiger charge is -2.25. The van der Waals surface area contributed by atoms with E-state index < -0.39 is 0 Å². The first-order chi connectivity index (χ1) is 14.6. The van der Waals surface area contributed by atoms with Gasteiger partial charge >= 0.3 is 0 Å². The van der Waals surface area contributed by atoms with Gasteiger partial charge in [-0.15, -0.1) is 0 Å². The molecule has 0 aliphatic rings. The van der Waals surface area contributed by atoms with Gasteiger partial charge in [-0.1, -0.05) is 54.2 Å². The van der Waals surface area contributed by atoms with Gasteiger partial charge < -0.3 is 14.7 Å². The number of carbonyl (C=O) groups is 1. The molecule has 3 aromatic carbocycles. The van der Waals surface area contributed by atoms with Crippen LogP contribution in [0.25, 0.3) is 0 Å². The lowest BCUT2D eigenvalue weighted by atomic mass is 10.1. The molecule has 3 rings (SSSR count). The summed E-state index contributed by atoms with van der Waals surface area (Å²) < 4.78 is 5.24. The van der Waals surface area contributed by atoms with E-state index in [0.29, 0.717) is 23.8 Å². The van der Waals surface area contributed by atoms with Gasteiger partial charge in [0.15, 0.2) is 5.17 Å². The number of hydrogen-bond donors (Lipinski definition) is 1. The van der Waals surface area contributed by atoms with Crippen molar-refractivity contribution in [3.63, 3.8) is 0 Å². The Hall–Kier alpha value is -3.25. The van der Waals surface area contributed by atoms with Crippen LogP contribution >= 0.6 is 11.8 Å². The van der Waals surface area contributed by atoms with E-state index in [1.165, 1.54) is 11.8 Å². The third-order valence-electron chi connectivity index (χ3n) is 4.51. The number of thioether (sulfide) groups is 1. The number of phenols is 1. The zero-order chi connectivity index (χ0) is 21.3. The van der Waals surface area contributed by atoms with Crippen LogP contribution in [0.5, 0.6) is 11.5 Å². The summed E-state index contributed by atoms with van der Waals surface area (Å²) in [6, 6.07) is 23.9. The number of rotatable bonds is 6. The van der Waals surface area contributed by atoms with E-state index in [1.807, 2.05) is 60.9 Å². The molecule has 6 heteroatoms. The van der Waals surface area contributed by atoms with Crippen molar-refractivity contribution in [1.29, 1.82) is 0 Å². The molecule has 0 bridgehead atoms. The Morgan fingerprint density at radius 3 is 2.03 bits per heavy atom. The standard InChI is InChI=1S/C24H24N2O3S/c1-29-22-14-10-19(11-15-22)17-26(16-18-8-12-21(27)13-9-18)24(30-2)25-23(28)20-6-4-3-5-7-20/h3-15,27H,16-17H2,1-2H3. The molecule has 0 saturated heterocycles. The highest BCUT2D eigenvalue weighted by atomic mass is 32.2. The third kappa shape index (κ3) is 5.87. The summed E-state index contributed by atoms with van der Waals surface area (Å²) in [4.78, 5) is 19.1. The van der Waals surface area contributed by atoms with E-state index in [2.05, 4.69) is 9.89 Å². The first-order valence-corrected chi connectivity index (χ1v) is 10.7. The van der Waals surface area contributed by atoms with Crippen LogP contribution in [0.4, 0.5) is 0 Å². The van der Waals surface area contributed by atoms with Crippen molar-refractivity contribution < 1.29 is 14.6 Å². The topological polar surface area (TPSA) is 62.1 Å². The molecule has 0 fully saturated rings. The summed E-state index contributed by atoms with van der Waals surface area (Å²) in [6.07, 6.45) is 1.91. The van der Waals surface area contributed by atoms with E-state index in [0.717, 1.165) is 16.9 Å². The molecule has 5 nitrogen and oxygen atoms in total. The number of amidine groups is 1. The minimum atomic E-state index is -0.273. The number of amides is 1. The molecule has 3 aromatic rings. The average Bonchev–Trinajstić information content (AvgIpc) is 2.79. The highest BCUT2D eigenvalue weighted by molar-refractivity contribution is 8.13. The van der Waals surface area contributed by atoms with Gasteiger partial charge in [0.2, 0.25) is 0 Å². The van der Waals surface area contributed by atoms with Crippen LogP contribution in [-0.4, -0.2) is 34.4 Å². The molecule has 1 amide bonds. The largest absolute Gasteiger partial charge is 0.508 e. The summed E-state index contributed by atoms with van der Waals surface area (Å²) in [7, 11) is 1.64. The van der Waals surface area contributed by atoms with Crippen LogP contribution in [0.2, 0.25) is 0 Å². The van der Waals surface area contributed by atoms with E-state index in [4.69, 9.17) is 4.74 Å². The summed E-state index contributed by atoms with van der Waals surface area (Å²) in [5, 5.41) is 10.2. The summed E-state index contributed by atoms with van der Waals surface area (Å²) in [6.45, 7) is 1.13. The summed E-state index contributed by atoms with van der Waals surface area (Å²) in [5.41, 5.74) is 2.64. The van der Waals surface area contributed by atoms with Crippen molar-refractivity contribution >= 4 is 22.8 Å². The minimum Gasteiger partial charge on any atom is -0.508 e. The number of carbonyl (C=O) groups excluding carboxylic acids is 1. The highest BCUT2D eigenvalue weighted by Gasteiger charge is 2.15. The average molecular weight is 421 g/mol. The summed E-state index contributed by atoms with van der Waals surface area (Å²) >= 11 is 1.43. The number of aromatic hydroxyl groups is 1. The van der Waals surface area contributed by atoms with Gasteiger partial charge in [0.25, 0.3) is 5.91 Å². The third-order valence-corrected chi connectivity index (χ3v) is 5.23. The van der Waals surface area contributed by atoms with E-state index in [-0.39, 0.29) is 11.7 Å². The predicted molar refractivity (Wildman–Crippen MR) is 122 cm³/mol. The number of nitrogens with zero attached hydrogens (tertiary/aromatic N) is 2. The smallest absolute Gasteiger partial charge is 0.279 e. The molecular formula is C24H24N2O3S. The highest BCUT2D eigenvalue weighted by Crippen LogP contribution is 2.20. The fraction of sp³-hybridized carbons (Fsp3) is 0.167. The number of hydrogen-bond acceptors (Lipinski definition) is 4. The Morgan fingerprint density at radius 1 is 0.933 bits per heavy atom. The number of aliphatic imine (C=N–C) groups is 1. The Labute approximate surface area is 181 Å². The molecular weight excluding hydrogens is 396 g/mol. The Kier molecular flexibility index (Phi) is 7.51. The van der Waals surface area contributed by atoms with Gasteiger partial charge in [0.1, 0.15) is 11.5 Å². The quantitative estimate of drug-likeness (QED) is 0.451. The Balaban J connectivity index is 1.89. The Morgan fingerprint density at radius 2 is 1.50 bits per heavy atom. The van der Waals surface area contributed by atoms with Crippen molar-refractivity contribution in [2.45, 2.75) is 13.1 Å². The van der Waals surface area contributed by atoms with Crippen LogP contribution in [-0.2, 0) is 13.1 Å². The molecule has 0 heterocycles. The van der Waals surface area contributed by atoms with Gasteiger partial charge in [0.05, 0.1) is 7.11 Å². The molecule has 1 N–H and O–H groups in total. The first-order valence-electron chi connectivity index (χ1n) is 9.47. The second-order valence-electron chi connectivity index (χ2n) is 6.64. The Bertz CT molecular complexity index is 987. The van der Waals surface area contributed by atoms with E-state index in [1.54, 1.807) is 31.4 Å². The fourth-order valence-electron chi connectivity index (χ4n) is 2.94. The molecule has 30 heavy (non-hydrogen) atoms. The number of benzene rings is 3. The summed E-state index contributed by atoms with van der Waals surface area (Å²) in [5.74, 6) is 0.741. The molecule has 0 aliphatic heterocycles. The van der Waals surface area contributed by atoms with Crippen molar-refractivity contribution in [1.82, 2.24) is 4.90 Å². The number of phenolic OH excluding ortho intramolecular Hbond substituents is 1. The predicted octanol–water partition coefficient (Wildman–Crippen LogP) is 4.96. The maximum atomic E-state index is 12.7. The van der Waals surface area contributed by atoms with Crippen LogP contribution < -0.4 is 4.74 Å². The van der Waals surface area contributed by atoms with Crippen molar-refractivity contribution in [2.24, 2.45) is 4.99 Å². The van der Waals surface area contributed by atoms with Crippen molar-refractivity contribution in [3.8, 4) is 11.5 Å². The minimum absolute atomic E-state index is 0.221. The monoisotopic (exact) mass is 420 g/mol. The van der Waals surface area contributed by atoms with Gasteiger partial charge in [-0.05, 0) is 53.8 Å². The second-order valence-corrected chi connectivity index (χ2v) is 7.41. The molecule has 0 spiro atoms. The van der Waals surface area contributed by atoms with Gasteiger partial charge in [-0.3, -0.25) is 4.79 Å². The number of ether oxygens (including phenoxy) is 1. The van der Waals surface area contributed by atoms with Crippen LogP contribution in [0.15, 0.2) is 83.9 Å². The molecule has 0 aromatic heterocycles. The zero-order valence-electron chi connectivity index (χ0n) is 17.0. The molecule has 0 aliphatic carbocycles. The zero-order valence-corrected chi connectivity index (χ0v) is 17.8. The molecule has 0 unspecified atom stereocenters. The molecule has 154 valence electrons. The SMILES string of the molecule is COc1ccc(CN(Cc2ccc(O)cc2)C(=NC(=O)c2ccccc2)SC)cc1. The van der Waals surface area contributed by atoms with E-state index >= 15 is 0 Å². The van der Waals surface area contributed by atoms with Crippen LogP contribution in [0.1, 0.15) is 21.5 Å². The second kappa shape index (κ2) is 10.5. The van der Waals surface area contributed by atoms with Crippen molar-refractivity contribution in [3.05, 3.63) is 95.6 Å². The molecule has 0 radical (unpaired) electrons. The number of methoxy groups -OCH3 is 1. The lowest BCUT2D eigenvalue weighted by Crippen LogP contribution is -2.28.